The lowest BCUT2D eigenvalue weighted by atomic mass is 10.1. The van der Waals surface area contributed by atoms with E-state index in [0.29, 0.717) is 13.1 Å². The van der Waals surface area contributed by atoms with E-state index in [1.54, 1.807) is 0 Å². The van der Waals surface area contributed by atoms with Crippen LogP contribution < -0.4 is 5.32 Å². The van der Waals surface area contributed by atoms with Gasteiger partial charge in [0, 0.05) is 18.7 Å². The zero-order valence-corrected chi connectivity index (χ0v) is 9.93. The van der Waals surface area contributed by atoms with Gasteiger partial charge in [0.05, 0.1) is 11.5 Å². The van der Waals surface area contributed by atoms with Gasteiger partial charge in [-0.25, -0.2) is 17.2 Å². The Morgan fingerprint density at radius 3 is 2.59 bits per heavy atom. The SMILES string of the molecule is O=S(=O)(Cc1cc(F)ccc1F)CC1CNC1. The summed E-state index contributed by atoms with van der Waals surface area (Å²) in [5, 5.41) is 2.97. The summed E-state index contributed by atoms with van der Waals surface area (Å²) < 4.78 is 49.7. The fourth-order valence-corrected chi connectivity index (χ4v) is 3.54. The van der Waals surface area contributed by atoms with Gasteiger partial charge in [0.15, 0.2) is 9.84 Å². The molecule has 6 heteroatoms. The molecule has 94 valence electrons. The van der Waals surface area contributed by atoms with E-state index in [2.05, 4.69) is 5.32 Å². The van der Waals surface area contributed by atoms with Gasteiger partial charge >= 0.3 is 0 Å². The van der Waals surface area contributed by atoms with E-state index in [4.69, 9.17) is 0 Å². The molecular weight excluding hydrogens is 248 g/mol. The van der Waals surface area contributed by atoms with Crippen molar-refractivity contribution in [2.24, 2.45) is 5.92 Å². The maximum Gasteiger partial charge on any atom is 0.154 e. The standard InChI is InChI=1S/C11H13F2NO2S/c12-10-1-2-11(13)9(3-10)7-17(15,16)6-8-4-14-5-8/h1-3,8,14H,4-7H2. The van der Waals surface area contributed by atoms with Crippen LogP contribution in [0, 0.1) is 17.6 Å². The minimum Gasteiger partial charge on any atom is -0.316 e. The summed E-state index contributed by atoms with van der Waals surface area (Å²) in [4.78, 5) is 0. The van der Waals surface area contributed by atoms with Gasteiger partial charge in [-0.05, 0) is 24.1 Å². The van der Waals surface area contributed by atoms with E-state index in [9.17, 15) is 17.2 Å². The predicted octanol–water partition coefficient (Wildman–Crippen LogP) is 1.10. The lowest BCUT2D eigenvalue weighted by Gasteiger charge is -2.26. The molecule has 1 saturated heterocycles. The van der Waals surface area contributed by atoms with E-state index in [-0.39, 0.29) is 17.2 Å². The molecular formula is C11H13F2NO2S. The molecule has 0 aliphatic carbocycles. The van der Waals surface area contributed by atoms with Crippen LogP contribution in [-0.4, -0.2) is 27.3 Å². The van der Waals surface area contributed by atoms with Crippen molar-refractivity contribution in [3.63, 3.8) is 0 Å². The van der Waals surface area contributed by atoms with Crippen LogP contribution in [-0.2, 0) is 15.6 Å². The van der Waals surface area contributed by atoms with Crippen LogP contribution in [0.15, 0.2) is 18.2 Å². The van der Waals surface area contributed by atoms with Crippen molar-refractivity contribution >= 4 is 9.84 Å². The number of nitrogens with one attached hydrogen (secondary N) is 1. The first-order chi connectivity index (χ1) is 7.96. The maximum atomic E-state index is 13.3. The zero-order chi connectivity index (χ0) is 12.5. The molecule has 1 N–H and O–H groups in total. The van der Waals surface area contributed by atoms with Crippen molar-refractivity contribution in [1.82, 2.24) is 5.32 Å². The van der Waals surface area contributed by atoms with Crippen LogP contribution in [0.2, 0.25) is 0 Å². The van der Waals surface area contributed by atoms with E-state index in [1.165, 1.54) is 0 Å². The fourth-order valence-electron chi connectivity index (χ4n) is 1.78. The van der Waals surface area contributed by atoms with E-state index < -0.39 is 27.2 Å². The largest absolute Gasteiger partial charge is 0.316 e. The lowest BCUT2D eigenvalue weighted by molar-refractivity contribution is 0.378. The number of benzene rings is 1. The van der Waals surface area contributed by atoms with Crippen LogP contribution >= 0.6 is 0 Å². The van der Waals surface area contributed by atoms with E-state index >= 15 is 0 Å². The molecule has 0 bridgehead atoms. The zero-order valence-electron chi connectivity index (χ0n) is 9.12. The Bertz CT molecular complexity index is 512. The van der Waals surface area contributed by atoms with Crippen molar-refractivity contribution in [3.8, 4) is 0 Å². The van der Waals surface area contributed by atoms with Gasteiger partial charge in [0.25, 0.3) is 0 Å². The summed E-state index contributed by atoms with van der Waals surface area (Å²) in [5.41, 5.74) is -0.0997. The monoisotopic (exact) mass is 261 g/mol. The lowest BCUT2D eigenvalue weighted by Crippen LogP contribution is -2.45. The van der Waals surface area contributed by atoms with Crippen molar-refractivity contribution in [3.05, 3.63) is 35.4 Å². The van der Waals surface area contributed by atoms with Gasteiger partial charge in [-0.1, -0.05) is 0 Å². The van der Waals surface area contributed by atoms with Crippen LogP contribution in [0.1, 0.15) is 5.56 Å². The Kier molecular flexibility index (Phi) is 3.44. The molecule has 17 heavy (non-hydrogen) atoms. The normalized spacial score (nSPS) is 16.8. The molecule has 1 aromatic carbocycles. The number of hydrogen-bond donors (Lipinski definition) is 1. The maximum absolute atomic E-state index is 13.3. The molecule has 0 spiro atoms. The highest BCUT2D eigenvalue weighted by molar-refractivity contribution is 7.90. The summed E-state index contributed by atoms with van der Waals surface area (Å²) in [5.74, 6) is -1.62. The molecule has 1 aliphatic rings. The van der Waals surface area contributed by atoms with Crippen LogP contribution in [0.5, 0.6) is 0 Å². The first-order valence-electron chi connectivity index (χ1n) is 5.31. The number of hydrogen-bond acceptors (Lipinski definition) is 3. The summed E-state index contributed by atoms with van der Waals surface area (Å²) in [6.45, 7) is 1.34. The Hall–Kier alpha value is -1.01. The molecule has 1 heterocycles. The van der Waals surface area contributed by atoms with Crippen LogP contribution in [0.3, 0.4) is 0 Å². The molecule has 0 amide bonds. The smallest absolute Gasteiger partial charge is 0.154 e. The summed E-state index contributed by atoms with van der Waals surface area (Å²) in [6.07, 6.45) is 0. The number of sulfone groups is 1. The summed E-state index contributed by atoms with van der Waals surface area (Å²) in [7, 11) is -3.38. The molecule has 1 aromatic rings. The van der Waals surface area contributed by atoms with Crippen LogP contribution in [0.4, 0.5) is 8.78 Å². The summed E-state index contributed by atoms with van der Waals surface area (Å²) in [6, 6.07) is 2.86. The molecule has 0 radical (unpaired) electrons. The second kappa shape index (κ2) is 4.70. The van der Waals surface area contributed by atoms with E-state index in [0.717, 1.165) is 18.2 Å². The summed E-state index contributed by atoms with van der Waals surface area (Å²) >= 11 is 0. The van der Waals surface area contributed by atoms with Crippen molar-refractivity contribution in [2.45, 2.75) is 5.75 Å². The third-order valence-corrected chi connectivity index (χ3v) is 4.47. The molecule has 0 saturated carbocycles. The van der Waals surface area contributed by atoms with Gasteiger partial charge in [-0.15, -0.1) is 0 Å². The van der Waals surface area contributed by atoms with E-state index in [1.807, 2.05) is 0 Å². The average Bonchev–Trinajstić information content (AvgIpc) is 2.18. The first kappa shape index (κ1) is 12.4. The Morgan fingerprint density at radius 2 is 2.00 bits per heavy atom. The Morgan fingerprint density at radius 1 is 1.29 bits per heavy atom. The molecule has 2 rings (SSSR count). The highest BCUT2D eigenvalue weighted by Crippen LogP contribution is 2.16. The molecule has 0 atom stereocenters. The third-order valence-electron chi connectivity index (χ3n) is 2.74. The highest BCUT2D eigenvalue weighted by atomic mass is 32.2. The first-order valence-corrected chi connectivity index (χ1v) is 7.13. The molecule has 1 fully saturated rings. The number of rotatable bonds is 4. The predicted molar refractivity (Wildman–Crippen MR) is 60.2 cm³/mol. The Labute approximate surface area is 98.8 Å². The molecule has 3 nitrogen and oxygen atoms in total. The molecule has 1 aliphatic heterocycles. The second-order valence-corrected chi connectivity index (χ2v) is 6.42. The van der Waals surface area contributed by atoms with Crippen molar-refractivity contribution in [1.29, 1.82) is 0 Å². The van der Waals surface area contributed by atoms with Gasteiger partial charge in [0.2, 0.25) is 0 Å². The fraction of sp³-hybridized carbons (Fsp3) is 0.455. The van der Waals surface area contributed by atoms with Crippen molar-refractivity contribution < 1.29 is 17.2 Å². The van der Waals surface area contributed by atoms with Crippen LogP contribution in [0.25, 0.3) is 0 Å². The highest BCUT2D eigenvalue weighted by Gasteiger charge is 2.25. The average molecular weight is 261 g/mol. The molecule has 0 aromatic heterocycles. The minimum absolute atomic E-state index is 0.0238. The van der Waals surface area contributed by atoms with Gasteiger partial charge < -0.3 is 5.32 Å². The quantitative estimate of drug-likeness (QED) is 0.883. The van der Waals surface area contributed by atoms with Gasteiger partial charge in [-0.2, -0.15) is 0 Å². The minimum atomic E-state index is -3.38. The van der Waals surface area contributed by atoms with Crippen molar-refractivity contribution in [2.75, 3.05) is 18.8 Å². The Balaban J connectivity index is 2.10. The third kappa shape index (κ3) is 3.23. The topological polar surface area (TPSA) is 46.2 Å². The number of halogens is 2. The van der Waals surface area contributed by atoms with Gasteiger partial charge in [-0.3, -0.25) is 0 Å². The second-order valence-electron chi connectivity index (χ2n) is 4.31. The van der Waals surface area contributed by atoms with Gasteiger partial charge in [0.1, 0.15) is 11.6 Å². The molecule has 0 unspecified atom stereocenters.